The number of nitrogens with two attached hydrogens (primary N) is 1. The van der Waals surface area contributed by atoms with Gasteiger partial charge in [0.25, 0.3) is 0 Å². The molecule has 0 aromatic carbocycles. The van der Waals surface area contributed by atoms with Crippen molar-refractivity contribution in [1.82, 2.24) is 15.3 Å². The van der Waals surface area contributed by atoms with Crippen LogP contribution >= 0.6 is 0 Å². The van der Waals surface area contributed by atoms with Gasteiger partial charge in [-0.15, -0.1) is 0 Å². The summed E-state index contributed by atoms with van der Waals surface area (Å²) in [5, 5.41) is 6.88. The molecule has 5 nitrogen and oxygen atoms in total. The maximum atomic E-state index is 5.68. The lowest BCUT2D eigenvalue weighted by molar-refractivity contribution is 0.419. The lowest BCUT2D eigenvalue weighted by atomic mass is 10.1. The molecule has 0 saturated heterocycles. The highest BCUT2D eigenvalue weighted by Gasteiger charge is 2.08. The summed E-state index contributed by atoms with van der Waals surface area (Å²) in [7, 11) is 0. The molecule has 0 amide bonds. The molecule has 0 unspecified atom stereocenters. The topological polar surface area (TPSA) is 75.9 Å². The first-order valence-corrected chi connectivity index (χ1v) is 8.02. The minimum absolute atomic E-state index is 0.192. The summed E-state index contributed by atoms with van der Waals surface area (Å²) in [5.74, 6) is 1.24. The zero-order valence-electron chi connectivity index (χ0n) is 14.0. The number of aromatic nitrogens is 2. The van der Waals surface area contributed by atoms with E-state index in [1.54, 1.807) is 0 Å². The third-order valence-corrected chi connectivity index (χ3v) is 3.23. The van der Waals surface area contributed by atoms with Crippen LogP contribution in [-0.4, -0.2) is 28.6 Å². The molecule has 4 N–H and O–H groups in total. The molecule has 0 aliphatic heterocycles. The first-order chi connectivity index (χ1) is 9.92. The van der Waals surface area contributed by atoms with Gasteiger partial charge >= 0.3 is 0 Å². The SMILES string of the molecule is CCCCNc1nc(N)ncc1CCCCNC(C)(C)C. The Labute approximate surface area is 129 Å². The van der Waals surface area contributed by atoms with Gasteiger partial charge in [-0.05, 0) is 53.0 Å². The Balaban J connectivity index is 2.42. The van der Waals surface area contributed by atoms with Crippen molar-refractivity contribution in [2.45, 2.75) is 65.3 Å². The van der Waals surface area contributed by atoms with Crippen LogP contribution in [0, 0.1) is 0 Å². The summed E-state index contributed by atoms with van der Waals surface area (Å²) < 4.78 is 0. The molecule has 1 aromatic heterocycles. The third-order valence-electron chi connectivity index (χ3n) is 3.23. The van der Waals surface area contributed by atoms with E-state index in [4.69, 9.17) is 5.73 Å². The average Bonchev–Trinajstić information content (AvgIpc) is 2.39. The van der Waals surface area contributed by atoms with E-state index >= 15 is 0 Å². The summed E-state index contributed by atoms with van der Waals surface area (Å²) in [6.45, 7) is 10.7. The van der Waals surface area contributed by atoms with Gasteiger partial charge in [0, 0.05) is 23.8 Å². The van der Waals surface area contributed by atoms with Gasteiger partial charge in [-0.2, -0.15) is 4.98 Å². The van der Waals surface area contributed by atoms with E-state index in [-0.39, 0.29) is 5.54 Å². The Hall–Kier alpha value is -1.36. The summed E-state index contributed by atoms with van der Waals surface area (Å²) in [6.07, 6.45) is 7.42. The number of hydrogen-bond donors (Lipinski definition) is 3. The highest BCUT2D eigenvalue weighted by Crippen LogP contribution is 2.15. The molecule has 0 saturated carbocycles. The molecule has 0 aliphatic carbocycles. The number of rotatable bonds is 9. The van der Waals surface area contributed by atoms with E-state index in [1.165, 1.54) is 6.42 Å². The summed E-state index contributed by atoms with van der Waals surface area (Å²) in [4.78, 5) is 8.44. The van der Waals surface area contributed by atoms with Crippen LogP contribution in [0.25, 0.3) is 0 Å². The normalized spacial score (nSPS) is 11.6. The van der Waals surface area contributed by atoms with Gasteiger partial charge < -0.3 is 16.4 Å². The van der Waals surface area contributed by atoms with Crippen molar-refractivity contribution < 1.29 is 0 Å². The van der Waals surface area contributed by atoms with Crippen molar-refractivity contribution in [2.75, 3.05) is 24.1 Å². The average molecular weight is 293 g/mol. The number of anilines is 2. The smallest absolute Gasteiger partial charge is 0.221 e. The zero-order chi connectivity index (χ0) is 15.7. The van der Waals surface area contributed by atoms with Crippen LogP contribution in [0.5, 0.6) is 0 Å². The highest BCUT2D eigenvalue weighted by atomic mass is 15.1. The second kappa shape index (κ2) is 8.82. The molecule has 0 spiro atoms. The maximum absolute atomic E-state index is 5.68. The Morgan fingerprint density at radius 3 is 2.57 bits per heavy atom. The fourth-order valence-electron chi connectivity index (χ4n) is 2.04. The molecule has 0 bridgehead atoms. The van der Waals surface area contributed by atoms with Gasteiger partial charge in [0.05, 0.1) is 0 Å². The number of nitrogens with zero attached hydrogens (tertiary/aromatic N) is 2. The molecule has 0 aliphatic rings. The molecule has 0 atom stereocenters. The zero-order valence-corrected chi connectivity index (χ0v) is 14.0. The van der Waals surface area contributed by atoms with E-state index in [0.29, 0.717) is 5.95 Å². The van der Waals surface area contributed by atoms with E-state index in [9.17, 15) is 0 Å². The molecule has 0 radical (unpaired) electrons. The quantitative estimate of drug-likeness (QED) is 0.610. The van der Waals surface area contributed by atoms with Gasteiger partial charge in [-0.1, -0.05) is 13.3 Å². The van der Waals surface area contributed by atoms with Crippen molar-refractivity contribution in [3.05, 3.63) is 11.8 Å². The Morgan fingerprint density at radius 2 is 1.90 bits per heavy atom. The fraction of sp³-hybridized carbons (Fsp3) is 0.750. The van der Waals surface area contributed by atoms with Gasteiger partial charge in [-0.3, -0.25) is 0 Å². The fourth-order valence-corrected chi connectivity index (χ4v) is 2.04. The minimum Gasteiger partial charge on any atom is -0.370 e. The Morgan fingerprint density at radius 1 is 1.14 bits per heavy atom. The minimum atomic E-state index is 0.192. The Kier molecular flexibility index (Phi) is 7.43. The van der Waals surface area contributed by atoms with Gasteiger partial charge in [0.15, 0.2) is 0 Å². The van der Waals surface area contributed by atoms with Crippen molar-refractivity contribution >= 4 is 11.8 Å². The molecule has 1 aromatic rings. The molecule has 21 heavy (non-hydrogen) atoms. The lowest BCUT2D eigenvalue weighted by Crippen LogP contribution is -2.36. The first-order valence-electron chi connectivity index (χ1n) is 8.02. The summed E-state index contributed by atoms with van der Waals surface area (Å²) >= 11 is 0. The number of nitrogen functional groups attached to an aromatic ring is 1. The van der Waals surface area contributed by atoms with E-state index in [1.807, 2.05) is 6.20 Å². The molecule has 5 heteroatoms. The Bertz CT molecular complexity index is 412. The number of nitrogens with one attached hydrogen (secondary N) is 2. The van der Waals surface area contributed by atoms with E-state index in [2.05, 4.69) is 48.3 Å². The van der Waals surface area contributed by atoms with Crippen LogP contribution in [0.3, 0.4) is 0 Å². The van der Waals surface area contributed by atoms with Gasteiger partial charge in [-0.25, -0.2) is 4.98 Å². The largest absolute Gasteiger partial charge is 0.370 e. The van der Waals surface area contributed by atoms with Gasteiger partial charge in [0.1, 0.15) is 5.82 Å². The standard InChI is InChI=1S/C16H31N5/c1-5-6-10-18-14-13(12-19-15(17)21-14)9-7-8-11-20-16(2,3)4/h12,20H,5-11H2,1-4H3,(H3,17,18,19,21). The van der Waals surface area contributed by atoms with Crippen molar-refractivity contribution in [3.8, 4) is 0 Å². The van der Waals surface area contributed by atoms with Crippen molar-refractivity contribution in [3.63, 3.8) is 0 Å². The van der Waals surface area contributed by atoms with Crippen LogP contribution in [0.1, 0.15) is 58.9 Å². The second-order valence-corrected chi connectivity index (χ2v) is 6.52. The van der Waals surface area contributed by atoms with Crippen LogP contribution in [0.2, 0.25) is 0 Å². The molecular formula is C16H31N5. The van der Waals surface area contributed by atoms with Crippen molar-refractivity contribution in [2.24, 2.45) is 0 Å². The van der Waals surface area contributed by atoms with E-state index < -0.39 is 0 Å². The predicted octanol–water partition coefficient (Wildman–Crippen LogP) is 2.98. The van der Waals surface area contributed by atoms with Crippen LogP contribution in [0.15, 0.2) is 6.20 Å². The van der Waals surface area contributed by atoms with E-state index in [0.717, 1.165) is 50.2 Å². The molecule has 1 heterocycles. The summed E-state index contributed by atoms with van der Waals surface area (Å²) in [5.41, 5.74) is 7.04. The van der Waals surface area contributed by atoms with Crippen LogP contribution in [0.4, 0.5) is 11.8 Å². The predicted molar refractivity (Wildman–Crippen MR) is 90.5 cm³/mol. The molecule has 0 fully saturated rings. The van der Waals surface area contributed by atoms with Crippen molar-refractivity contribution in [1.29, 1.82) is 0 Å². The second-order valence-electron chi connectivity index (χ2n) is 6.52. The number of aryl methyl sites for hydroxylation is 1. The van der Waals surface area contributed by atoms with Crippen LogP contribution < -0.4 is 16.4 Å². The molecule has 120 valence electrons. The number of unbranched alkanes of at least 4 members (excludes halogenated alkanes) is 2. The van der Waals surface area contributed by atoms with Crippen LogP contribution in [-0.2, 0) is 6.42 Å². The monoisotopic (exact) mass is 293 g/mol. The summed E-state index contributed by atoms with van der Waals surface area (Å²) in [6, 6.07) is 0. The highest BCUT2D eigenvalue weighted by molar-refractivity contribution is 5.46. The molecule has 1 rings (SSSR count). The van der Waals surface area contributed by atoms with Gasteiger partial charge in [0.2, 0.25) is 5.95 Å². The first kappa shape index (κ1) is 17.7. The lowest BCUT2D eigenvalue weighted by Gasteiger charge is -2.20. The third kappa shape index (κ3) is 7.85. The number of hydrogen-bond acceptors (Lipinski definition) is 5. The molecular weight excluding hydrogens is 262 g/mol. The maximum Gasteiger partial charge on any atom is 0.221 e.